The van der Waals surface area contributed by atoms with Crippen LogP contribution in [0.15, 0.2) is 35.7 Å². The molecule has 13 nitrogen and oxygen atoms in total. The first-order valence-electron chi connectivity index (χ1n) is 12.6. The van der Waals surface area contributed by atoms with Gasteiger partial charge < -0.3 is 15.7 Å². The number of nitrogens with zero attached hydrogens (tertiary/aromatic N) is 7. The molecule has 4 aromatic rings. The molecule has 2 bridgehead atoms. The molecule has 2 saturated heterocycles. The van der Waals surface area contributed by atoms with Gasteiger partial charge >= 0.3 is 6.18 Å². The number of aromatic amines is 1. The third kappa shape index (κ3) is 4.57. The Morgan fingerprint density at radius 3 is 2.44 bits per heavy atom. The van der Waals surface area contributed by atoms with Crippen molar-refractivity contribution >= 4 is 27.2 Å². The number of amides is 1. The van der Waals surface area contributed by atoms with Crippen molar-refractivity contribution in [3.63, 3.8) is 0 Å². The Kier molecular flexibility index (Phi) is 6.25. The number of halogens is 3. The van der Waals surface area contributed by atoms with E-state index < -0.39 is 27.8 Å². The van der Waals surface area contributed by atoms with Crippen LogP contribution in [0.3, 0.4) is 0 Å². The summed E-state index contributed by atoms with van der Waals surface area (Å²) in [5.74, 6) is -0.645. The molecule has 0 radical (unpaired) electrons. The van der Waals surface area contributed by atoms with Crippen molar-refractivity contribution in [3.05, 3.63) is 48.1 Å². The molecule has 6 rings (SSSR count). The van der Waals surface area contributed by atoms with Gasteiger partial charge in [-0.25, -0.2) is 18.4 Å². The Hall–Kier alpha value is -4.12. The fourth-order valence-corrected chi connectivity index (χ4v) is 6.99. The van der Waals surface area contributed by atoms with Crippen LogP contribution in [-0.2, 0) is 9.84 Å². The number of alkyl halides is 3. The van der Waals surface area contributed by atoms with E-state index in [1.165, 1.54) is 23.1 Å². The molecule has 2 aliphatic rings. The lowest BCUT2D eigenvalue weighted by Crippen LogP contribution is -2.46. The van der Waals surface area contributed by atoms with Crippen LogP contribution in [-0.4, -0.2) is 83.6 Å². The molecule has 0 aromatic carbocycles. The zero-order valence-electron chi connectivity index (χ0n) is 21.4. The average molecular weight is 592 g/mol. The quantitative estimate of drug-likeness (QED) is 0.310. The minimum atomic E-state index is -4.87. The number of fused-ring (bicyclic) bond motifs is 3. The van der Waals surface area contributed by atoms with Gasteiger partial charge in [-0.05, 0) is 31.7 Å². The second-order valence-corrected chi connectivity index (χ2v) is 12.2. The minimum absolute atomic E-state index is 0.132. The van der Waals surface area contributed by atoms with Crippen molar-refractivity contribution < 1.29 is 31.5 Å². The maximum absolute atomic E-state index is 13.1. The first-order valence-corrected chi connectivity index (χ1v) is 14.5. The molecular weight excluding hydrogens is 567 g/mol. The van der Waals surface area contributed by atoms with Crippen LogP contribution < -0.4 is 5.73 Å². The third-order valence-corrected chi connectivity index (χ3v) is 8.85. The van der Waals surface area contributed by atoms with E-state index in [1.807, 2.05) is 0 Å². The number of anilines is 1. The molecule has 1 amide bonds. The standard InChI is InChI=1S/C24H24F3N9O4S/c1-41(39,40)18-17(12-6-13-3-4-14(7-12)35(13)23(38)21-30-10-31-34-21)33-22-15(9-32-36(22)20(18)28)11-2-5-16(29-8-11)19(37)24(25,26)27/h2,5,8-10,12-14,19,37H,3-4,6-7,28H2,1H3,(H,30,31,34)/t12?,13-,14+,19?. The summed E-state index contributed by atoms with van der Waals surface area (Å²) < 4.78 is 65.8. The van der Waals surface area contributed by atoms with Gasteiger partial charge in [-0.15, -0.1) is 0 Å². The number of carbonyl (C=O) groups excluding carboxylic acids is 1. The fourth-order valence-electron chi connectivity index (χ4n) is 5.94. The van der Waals surface area contributed by atoms with E-state index in [1.54, 1.807) is 4.90 Å². The number of nitrogens with two attached hydrogens (primary N) is 1. The lowest BCUT2D eigenvalue weighted by molar-refractivity contribution is -0.207. The highest BCUT2D eigenvalue weighted by molar-refractivity contribution is 7.91. The number of rotatable bonds is 5. The van der Waals surface area contributed by atoms with Crippen molar-refractivity contribution in [1.29, 1.82) is 0 Å². The highest BCUT2D eigenvalue weighted by Crippen LogP contribution is 2.45. The number of hydrogen-bond acceptors (Lipinski definition) is 10. The number of nitrogen functional groups attached to an aromatic ring is 1. The van der Waals surface area contributed by atoms with Gasteiger partial charge in [0.25, 0.3) is 5.91 Å². The van der Waals surface area contributed by atoms with Gasteiger partial charge in [0, 0.05) is 41.6 Å². The second kappa shape index (κ2) is 9.47. The van der Waals surface area contributed by atoms with Gasteiger partial charge in [-0.3, -0.25) is 14.9 Å². The number of H-pyrrole nitrogens is 1. The Balaban J connectivity index is 1.40. The highest BCUT2D eigenvalue weighted by Gasteiger charge is 2.46. The summed E-state index contributed by atoms with van der Waals surface area (Å²) in [6.45, 7) is 0. The number of aromatic nitrogens is 7. The normalized spacial score (nSPS) is 21.9. The molecule has 0 spiro atoms. The van der Waals surface area contributed by atoms with Crippen molar-refractivity contribution in [3.8, 4) is 11.1 Å². The molecule has 2 fully saturated rings. The number of carbonyl (C=O) groups is 1. The van der Waals surface area contributed by atoms with Crippen LogP contribution in [0.4, 0.5) is 19.0 Å². The molecule has 2 aliphatic heterocycles. The minimum Gasteiger partial charge on any atom is -0.382 e. The van der Waals surface area contributed by atoms with Crippen molar-refractivity contribution in [2.45, 2.75) is 60.9 Å². The lowest BCUT2D eigenvalue weighted by Gasteiger charge is -2.38. The SMILES string of the molecule is CS(=O)(=O)c1c(C2C[C@H]3CC[C@@H](C2)N3C(=O)c2ncn[nH]2)nc2c(-c3ccc(C(O)C(F)(F)F)nc3)cnn2c1N. The van der Waals surface area contributed by atoms with Gasteiger partial charge in [-0.2, -0.15) is 27.9 Å². The predicted octanol–water partition coefficient (Wildman–Crippen LogP) is 2.04. The molecule has 216 valence electrons. The van der Waals surface area contributed by atoms with Crippen molar-refractivity contribution in [2.75, 3.05) is 12.0 Å². The largest absolute Gasteiger partial charge is 0.420 e. The number of aliphatic hydroxyl groups is 1. The molecule has 2 unspecified atom stereocenters. The van der Waals surface area contributed by atoms with E-state index in [-0.39, 0.29) is 51.8 Å². The number of piperidine rings is 1. The first-order chi connectivity index (χ1) is 19.3. The van der Waals surface area contributed by atoms with Crippen LogP contribution >= 0.6 is 0 Å². The summed E-state index contributed by atoms with van der Waals surface area (Å²) >= 11 is 0. The average Bonchev–Trinajstić information content (AvgIpc) is 3.65. The Morgan fingerprint density at radius 2 is 1.88 bits per heavy atom. The Morgan fingerprint density at radius 1 is 1.17 bits per heavy atom. The van der Waals surface area contributed by atoms with Crippen LogP contribution in [0.2, 0.25) is 0 Å². The Bertz CT molecular complexity index is 1730. The molecule has 0 aliphatic carbocycles. The van der Waals surface area contributed by atoms with Crippen molar-refractivity contribution in [2.24, 2.45) is 0 Å². The summed E-state index contributed by atoms with van der Waals surface area (Å²) in [5.41, 5.74) is 6.94. The number of pyridine rings is 1. The van der Waals surface area contributed by atoms with Gasteiger partial charge in [-0.1, -0.05) is 6.07 Å². The molecule has 4 N–H and O–H groups in total. The van der Waals surface area contributed by atoms with Gasteiger partial charge in [0.1, 0.15) is 17.0 Å². The third-order valence-electron chi connectivity index (χ3n) is 7.69. The van der Waals surface area contributed by atoms with E-state index in [9.17, 15) is 31.5 Å². The van der Waals surface area contributed by atoms with E-state index in [2.05, 4.69) is 25.3 Å². The monoisotopic (exact) mass is 591 g/mol. The summed E-state index contributed by atoms with van der Waals surface area (Å²) in [4.78, 5) is 27.1. The van der Waals surface area contributed by atoms with Crippen molar-refractivity contribution in [1.82, 2.24) is 39.7 Å². The molecule has 17 heteroatoms. The van der Waals surface area contributed by atoms with Gasteiger partial charge in [0.15, 0.2) is 21.6 Å². The number of sulfone groups is 1. The summed E-state index contributed by atoms with van der Waals surface area (Å²) in [6.07, 6.45) is -0.466. The molecule has 6 heterocycles. The summed E-state index contributed by atoms with van der Waals surface area (Å²) in [7, 11) is -3.87. The molecule has 4 atom stereocenters. The summed E-state index contributed by atoms with van der Waals surface area (Å²) in [6, 6.07) is 2.03. The topological polar surface area (TPSA) is 185 Å². The zero-order chi connectivity index (χ0) is 29.3. The molecule has 4 aromatic heterocycles. The summed E-state index contributed by atoms with van der Waals surface area (Å²) in [5, 5.41) is 20.0. The maximum Gasteiger partial charge on any atom is 0.420 e. The van der Waals surface area contributed by atoms with E-state index in [0.29, 0.717) is 24.0 Å². The second-order valence-electron chi connectivity index (χ2n) is 10.3. The van der Waals surface area contributed by atoms with Crippen LogP contribution in [0, 0.1) is 0 Å². The molecular formula is C24H24F3N9O4S. The number of nitrogens with one attached hydrogen (secondary N) is 1. The van der Waals surface area contributed by atoms with Crippen LogP contribution in [0.1, 0.15) is 59.7 Å². The zero-order valence-corrected chi connectivity index (χ0v) is 22.3. The van der Waals surface area contributed by atoms with Crippen LogP contribution in [0.5, 0.6) is 0 Å². The van der Waals surface area contributed by atoms with Gasteiger partial charge in [0.2, 0.25) is 5.82 Å². The van der Waals surface area contributed by atoms with E-state index >= 15 is 0 Å². The fraction of sp³-hybridized carbons (Fsp3) is 0.417. The first kappa shape index (κ1) is 27.1. The molecule has 41 heavy (non-hydrogen) atoms. The highest BCUT2D eigenvalue weighted by atomic mass is 32.2. The van der Waals surface area contributed by atoms with E-state index in [0.717, 1.165) is 31.4 Å². The Labute approximate surface area is 230 Å². The number of hydrogen-bond donors (Lipinski definition) is 3. The van der Waals surface area contributed by atoms with Gasteiger partial charge in [0.05, 0.1) is 17.6 Å². The van der Waals surface area contributed by atoms with Crippen LogP contribution in [0.25, 0.3) is 16.8 Å². The van der Waals surface area contributed by atoms with E-state index in [4.69, 9.17) is 10.7 Å². The molecule has 0 saturated carbocycles. The lowest BCUT2D eigenvalue weighted by atomic mass is 9.87. The number of aliphatic hydroxyl groups excluding tert-OH is 1. The maximum atomic E-state index is 13.1. The smallest absolute Gasteiger partial charge is 0.382 e. The predicted molar refractivity (Wildman–Crippen MR) is 136 cm³/mol.